The van der Waals surface area contributed by atoms with Gasteiger partial charge in [0.15, 0.2) is 0 Å². The van der Waals surface area contributed by atoms with Crippen LogP contribution in [0.4, 0.5) is 10.5 Å². The fourth-order valence-electron chi connectivity index (χ4n) is 2.14. The van der Waals surface area contributed by atoms with Crippen molar-refractivity contribution >= 4 is 23.1 Å². The van der Waals surface area contributed by atoms with Gasteiger partial charge in [-0.25, -0.2) is 9.78 Å². The van der Waals surface area contributed by atoms with Crippen molar-refractivity contribution in [1.29, 1.82) is 0 Å². The van der Waals surface area contributed by atoms with E-state index >= 15 is 0 Å². The number of thiazole rings is 1. The van der Waals surface area contributed by atoms with Gasteiger partial charge in [-0.3, -0.25) is 0 Å². The fourth-order valence-corrected chi connectivity index (χ4v) is 2.93. The molecule has 124 valence electrons. The second kappa shape index (κ2) is 7.57. The summed E-state index contributed by atoms with van der Waals surface area (Å²) in [6.45, 7) is 6.00. The zero-order chi connectivity index (χ0) is 16.9. The highest BCUT2D eigenvalue weighted by Gasteiger charge is 2.22. The topological polar surface area (TPSA) is 74.2 Å². The summed E-state index contributed by atoms with van der Waals surface area (Å²) in [6.07, 6.45) is 1.20. The minimum absolute atomic E-state index is 0.233. The molecule has 6 heteroatoms. The Hall–Kier alpha value is -1.92. The van der Waals surface area contributed by atoms with E-state index in [9.17, 15) is 9.90 Å². The number of amides is 2. The van der Waals surface area contributed by atoms with Crippen LogP contribution in [0.25, 0.3) is 10.6 Å². The first kappa shape index (κ1) is 17.4. The number of benzene rings is 1. The van der Waals surface area contributed by atoms with Gasteiger partial charge in [-0.15, -0.1) is 11.3 Å². The number of urea groups is 1. The zero-order valence-electron chi connectivity index (χ0n) is 13.7. The zero-order valence-corrected chi connectivity index (χ0v) is 14.5. The number of anilines is 1. The van der Waals surface area contributed by atoms with Crippen LogP contribution in [0.5, 0.6) is 0 Å². The standard InChI is InChI=1S/C17H23N3O2S/c1-4-17(22,5-2)11-18-16(21)20-14-8-6-7-13(9-14)15-19-12(3)10-23-15/h6-10,22H,4-5,11H2,1-3H3,(H2,18,20,21). The van der Waals surface area contributed by atoms with Crippen molar-refractivity contribution in [3.63, 3.8) is 0 Å². The smallest absolute Gasteiger partial charge is 0.319 e. The highest BCUT2D eigenvalue weighted by Crippen LogP contribution is 2.25. The molecule has 2 rings (SSSR count). The monoisotopic (exact) mass is 333 g/mol. The molecule has 0 bridgehead atoms. The van der Waals surface area contributed by atoms with Crippen LogP contribution in [0.2, 0.25) is 0 Å². The van der Waals surface area contributed by atoms with Gasteiger partial charge in [0.05, 0.1) is 5.60 Å². The predicted octanol–water partition coefficient (Wildman–Crippen LogP) is 3.79. The van der Waals surface area contributed by atoms with Gasteiger partial charge >= 0.3 is 6.03 Å². The Morgan fingerprint density at radius 2 is 2.09 bits per heavy atom. The SMILES string of the molecule is CCC(O)(CC)CNC(=O)Nc1cccc(-c2nc(C)cs2)c1. The lowest BCUT2D eigenvalue weighted by atomic mass is 9.98. The quantitative estimate of drug-likeness (QED) is 0.753. The summed E-state index contributed by atoms with van der Waals surface area (Å²) >= 11 is 1.58. The molecule has 1 heterocycles. The van der Waals surface area contributed by atoms with E-state index in [1.165, 1.54) is 0 Å². The second-order valence-electron chi connectivity index (χ2n) is 5.61. The van der Waals surface area contributed by atoms with Crippen LogP contribution >= 0.6 is 11.3 Å². The number of aromatic nitrogens is 1. The maximum atomic E-state index is 12.0. The van der Waals surface area contributed by atoms with Crippen LogP contribution in [0, 0.1) is 6.92 Å². The molecule has 0 spiro atoms. The van der Waals surface area contributed by atoms with E-state index in [2.05, 4.69) is 15.6 Å². The summed E-state index contributed by atoms with van der Waals surface area (Å²) in [5, 5.41) is 18.6. The highest BCUT2D eigenvalue weighted by atomic mass is 32.1. The van der Waals surface area contributed by atoms with Crippen LogP contribution in [0.1, 0.15) is 32.4 Å². The van der Waals surface area contributed by atoms with Gasteiger partial charge in [0, 0.05) is 28.9 Å². The Morgan fingerprint density at radius 1 is 1.35 bits per heavy atom. The molecular formula is C17H23N3O2S. The van der Waals surface area contributed by atoms with E-state index in [-0.39, 0.29) is 12.6 Å². The average molecular weight is 333 g/mol. The van der Waals surface area contributed by atoms with E-state index in [0.717, 1.165) is 16.3 Å². The molecule has 0 atom stereocenters. The molecule has 0 radical (unpaired) electrons. The van der Waals surface area contributed by atoms with Gasteiger partial charge in [-0.1, -0.05) is 26.0 Å². The van der Waals surface area contributed by atoms with Gasteiger partial charge < -0.3 is 15.7 Å². The summed E-state index contributed by atoms with van der Waals surface area (Å²) in [5.41, 5.74) is 1.81. The summed E-state index contributed by atoms with van der Waals surface area (Å²) in [5.74, 6) is 0. The average Bonchev–Trinajstić information content (AvgIpc) is 2.99. The second-order valence-corrected chi connectivity index (χ2v) is 6.47. The van der Waals surface area contributed by atoms with Crippen molar-refractivity contribution in [2.75, 3.05) is 11.9 Å². The van der Waals surface area contributed by atoms with Gasteiger partial charge in [-0.2, -0.15) is 0 Å². The normalized spacial score (nSPS) is 11.3. The number of rotatable bonds is 6. The number of aryl methyl sites for hydroxylation is 1. The molecule has 0 saturated heterocycles. The molecule has 0 aliphatic rings. The largest absolute Gasteiger partial charge is 0.388 e. The molecule has 0 saturated carbocycles. The molecule has 0 aliphatic heterocycles. The summed E-state index contributed by atoms with van der Waals surface area (Å²) in [4.78, 5) is 16.4. The van der Waals surface area contributed by atoms with Gasteiger partial charge in [0.1, 0.15) is 5.01 Å². The number of nitrogens with zero attached hydrogens (tertiary/aromatic N) is 1. The third-order valence-electron chi connectivity index (χ3n) is 3.88. The Balaban J connectivity index is 1.99. The number of carbonyl (C=O) groups is 1. The lowest BCUT2D eigenvalue weighted by Gasteiger charge is -2.25. The molecule has 1 aromatic carbocycles. The molecule has 0 unspecified atom stereocenters. The van der Waals surface area contributed by atoms with Crippen LogP contribution < -0.4 is 10.6 Å². The maximum Gasteiger partial charge on any atom is 0.319 e. The van der Waals surface area contributed by atoms with Gasteiger partial charge in [-0.05, 0) is 31.9 Å². The van der Waals surface area contributed by atoms with E-state index in [0.29, 0.717) is 18.5 Å². The number of carbonyl (C=O) groups excluding carboxylic acids is 1. The molecule has 23 heavy (non-hydrogen) atoms. The van der Waals surface area contributed by atoms with Crippen molar-refractivity contribution in [2.24, 2.45) is 0 Å². The molecule has 0 aliphatic carbocycles. The molecule has 2 amide bonds. The summed E-state index contributed by atoms with van der Waals surface area (Å²) < 4.78 is 0. The maximum absolute atomic E-state index is 12.0. The molecule has 5 nitrogen and oxygen atoms in total. The first-order valence-corrected chi connectivity index (χ1v) is 8.63. The van der Waals surface area contributed by atoms with Crippen molar-refractivity contribution in [2.45, 2.75) is 39.2 Å². The third kappa shape index (κ3) is 4.77. The summed E-state index contributed by atoms with van der Waals surface area (Å²) in [6, 6.07) is 7.25. The van der Waals surface area contributed by atoms with Crippen molar-refractivity contribution < 1.29 is 9.90 Å². The Kier molecular flexibility index (Phi) is 5.74. The number of hydrogen-bond acceptors (Lipinski definition) is 4. The van der Waals surface area contributed by atoms with Crippen LogP contribution in [-0.4, -0.2) is 28.3 Å². The molecule has 2 aromatic rings. The predicted molar refractivity (Wildman–Crippen MR) is 94.8 cm³/mol. The fraction of sp³-hybridized carbons (Fsp3) is 0.412. The molecular weight excluding hydrogens is 310 g/mol. The first-order chi connectivity index (χ1) is 11.0. The van der Waals surface area contributed by atoms with Crippen LogP contribution in [0.3, 0.4) is 0 Å². The highest BCUT2D eigenvalue weighted by molar-refractivity contribution is 7.13. The molecule has 0 fully saturated rings. The number of hydrogen-bond donors (Lipinski definition) is 3. The number of nitrogens with one attached hydrogen (secondary N) is 2. The van der Waals surface area contributed by atoms with Crippen molar-refractivity contribution in [3.8, 4) is 10.6 Å². The van der Waals surface area contributed by atoms with Gasteiger partial charge in [0.2, 0.25) is 0 Å². The third-order valence-corrected chi connectivity index (χ3v) is 4.89. The van der Waals surface area contributed by atoms with Crippen molar-refractivity contribution in [3.05, 3.63) is 35.3 Å². The van der Waals surface area contributed by atoms with E-state index in [4.69, 9.17) is 0 Å². The van der Waals surface area contributed by atoms with Crippen LogP contribution in [-0.2, 0) is 0 Å². The lowest BCUT2D eigenvalue weighted by Crippen LogP contribution is -2.43. The van der Waals surface area contributed by atoms with Gasteiger partial charge in [0.25, 0.3) is 0 Å². The number of aliphatic hydroxyl groups is 1. The molecule has 3 N–H and O–H groups in total. The Bertz CT molecular complexity index is 665. The first-order valence-electron chi connectivity index (χ1n) is 7.75. The lowest BCUT2D eigenvalue weighted by molar-refractivity contribution is 0.0354. The minimum atomic E-state index is -0.850. The summed E-state index contributed by atoms with van der Waals surface area (Å²) in [7, 11) is 0. The van der Waals surface area contributed by atoms with E-state index < -0.39 is 5.60 Å². The van der Waals surface area contributed by atoms with E-state index in [1.54, 1.807) is 11.3 Å². The minimum Gasteiger partial charge on any atom is -0.388 e. The van der Waals surface area contributed by atoms with Crippen LogP contribution in [0.15, 0.2) is 29.6 Å². The Morgan fingerprint density at radius 3 is 2.70 bits per heavy atom. The Labute approximate surface area is 140 Å². The van der Waals surface area contributed by atoms with Crippen molar-refractivity contribution in [1.82, 2.24) is 10.3 Å². The molecule has 1 aromatic heterocycles. The van der Waals surface area contributed by atoms with E-state index in [1.807, 2.05) is 50.4 Å².